The van der Waals surface area contributed by atoms with Gasteiger partial charge in [-0.15, -0.1) is 22.7 Å². The van der Waals surface area contributed by atoms with Crippen molar-refractivity contribution < 1.29 is 4.79 Å². The molecule has 0 aliphatic heterocycles. The van der Waals surface area contributed by atoms with Crippen molar-refractivity contribution in [2.75, 3.05) is 0 Å². The van der Waals surface area contributed by atoms with Gasteiger partial charge in [0.15, 0.2) is 5.16 Å². The molecule has 3 aromatic heterocycles. The zero-order valence-corrected chi connectivity index (χ0v) is 18.5. The van der Waals surface area contributed by atoms with Crippen LogP contribution in [0.2, 0.25) is 0 Å². The first-order chi connectivity index (χ1) is 12.8. The van der Waals surface area contributed by atoms with Crippen LogP contribution in [0, 0.1) is 13.8 Å². The number of nitrogens with one attached hydrogen (secondary N) is 1. The largest absolute Gasteiger partial charge is 0.350 e. The zero-order chi connectivity index (χ0) is 19.7. The molecule has 0 radical (unpaired) electrons. The Kier molecular flexibility index (Phi) is 6.08. The Morgan fingerprint density at radius 3 is 2.70 bits per heavy atom. The van der Waals surface area contributed by atoms with Crippen LogP contribution >= 0.6 is 34.4 Å². The van der Waals surface area contributed by atoms with E-state index in [-0.39, 0.29) is 22.8 Å². The van der Waals surface area contributed by atoms with Gasteiger partial charge in [-0.3, -0.25) is 14.2 Å². The summed E-state index contributed by atoms with van der Waals surface area (Å²) < 4.78 is 1.70. The molecule has 1 N–H and O–H groups in total. The van der Waals surface area contributed by atoms with E-state index < -0.39 is 0 Å². The average molecular weight is 422 g/mol. The van der Waals surface area contributed by atoms with Crippen LogP contribution in [0.15, 0.2) is 27.5 Å². The number of thiophene rings is 2. The SMILES string of the molecule is Cc1sc2nc(S[C@H](C)C(=O)NCc3cccs3)n(C(C)C)c(=O)c2c1C. The first kappa shape index (κ1) is 20.1. The van der Waals surface area contributed by atoms with Crippen LogP contribution in [-0.4, -0.2) is 20.7 Å². The van der Waals surface area contributed by atoms with Gasteiger partial charge in [0.2, 0.25) is 5.91 Å². The summed E-state index contributed by atoms with van der Waals surface area (Å²) in [7, 11) is 0. The van der Waals surface area contributed by atoms with E-state index in [0.29, 0.717) is 17.1 Å². The molecule has 0 fully saturated rings. The fourth-order valence-corrected chi connectivity index (χ4v) is 5.55. The first-order valence-electron chi connectivity index (χ1n) is 8.78. The second-order valence-electron chi connectivity index (χ2n) is 6.68. The minimum absolute atomic E-state index is 0.0226. The van der Waals surface area contributed by atoms with Gasteiger partial charge in [0.05, 0.1) is 17.2 Å². The average Bonchev–Trinajstić information content (AvgIpc) is 3.21. The standard InChI is InChI=1S/C19H23N3O2S3/c1-10(2)22-18(24)15-11(3)12(4)26-17(15)21-19(22)27-13(5)16(23)20-9-14-7-6-8-25-14/h6-8,10,13H,9H2,1-5H3,(H,20,23)/t13-/m1/s1. The van der Waals surface area contributed by atoms with Crippen LogP contribution in [0.25, 0.3) is 10.2 Å². The number of aryl methyl sites for hydroxylation is 2. The zero-order valence-electron chi connectivity index (χ0n) is 16.0. The number of hydrogen-bond acceptors (Lipinski definition) is 6. The second kappa shape index (κ2) is 8.16. The molecular formula is C19H23N3O2S3. The van der Waals surface area contributed by atoms with Crippen molar-refractivity contribution in [1.29, 1.82) is 0 Å². The number of nitrogens with zero attached hydrogens (tertiary/aromatic N) is 2. The summed E-state index contributed by atoms with van der Waals surface area (Å²) in [6.07, 6.45) is 0. The highest BCUT2D eigenvalue weighted by Gasteiger charge is 2.22. The summed E-state index contributed by atoms with van der Waals surface area (Å²) in [6, 6.07) is 3.93. The fraction of sp³-hybridized carbons (Fsp3) is 0.421. The van der Waals surface area contributed by atoms with E-state index in [4.69, 9.17) is 4.98 Å². The molecule has 0 bridgehead atoms. The quantitative estimate of drug-likeness (QED) is 0.470. The molecule has 0 aliphatic rings. The van der Waals surface area contributed by atoms with E-state index in [2.05, 4.69) is 5.32 Å². The summed E-state index contributed by atoms with van der Waals surface area (Å²) in [5.41, 5.74) is 0.978. The third kappa shape index (κ3) is 4.12. The highest BCUT2D eigenvalue weighted by Crippen LogP contribution is 2.30. The first-order valence-corrected chi connectivity index (χ1v) is 11.4. The molecule has 144 valence electrons. The number of amides is 1. The van der Waals surface area contributed by atoms with Gasteiger partial charge >= 0.3 is 0 Å². The third-order valence-corrected chi connectivity index (χ3v) is 7.43. The Balaban J connectivity index is 1.87. The van der Waals surface area contributed by atoms with Gasteiger partial charge in [-0.05, 0) is 51.6 Å². The lowest BCUT2D eigenvalue weighted by Crippen LogP contribution is -2.31. The van der Waals surface area contributed by atoms with E-state index in [0.717, 1.165) is 20.1 Å². The molecule has 3 aromatic rings. The predicted molar refractivity (Wildman–Crippen MR) is 115 cm³/mol. The monoisotopic (exact) mass is 421 g/mol. The maximum atomic E-state index is 13.1. The molecular weight excluding hydrogens is 398 g/mol. The van der Waals surface area contributed by atoms with Crippen molar-refractivity contribution in [3.63, 3.8) is 0 Å². The number of carbonyl (C=O) groups excluding carboxylic acids is 1. The van der Waals surface area contributed by atoms with E-state index in [9.17, 15) is 9.59 Å². The lowest BCUT2D eigenvalue weighted by molar-refractivity contribution is -0.120. The Bertz CT molecular complexity index is 1020. The van der Waals surface area contributed by atoms with Crippen molar-refractivity contribution in [3.8, 4) is 0 Å². The van der Waals surface area contributed by atoms with Crippen LogP contribution in [0.3, 0.4) is 0 Å². The number of thioether (sulfide) groups is 1. The van der Waals surface area contributed by atoms with Gasteiger partial charge in [0, 0.05) is 15.8 Å². The van der Waals surface area contributed by atoms with Gasteiger partial charge in [0.1, 0.15) is 4.83 Å². The van der Waals surface area contributed by atoms with Crippen LogP contribution < -0.4 is 10.9 Å². The Morgan fingerprint density at radius 1 is 1.33 bits per heavy atom. The molecule has 0 aliphatic carbocycles. The highest BCUT2D eigenvalue weighted by atomic mass is 32.2. The number of aromatic nitrogens is 2. The van der Waals surface area contributed by atoms with Crippen molar-refractivity contribution in [1.82, 2.24) is 14.9 Å². The van der Waals surface area contributed by atoms with Gasteiger partial charge in [-0.2, -0.15) is 0 Å². The van der Waals surface area contributed by atoms with E-state index in [1.807, 2.05) is 52.1 Å². The van der Waals surface area contributed by atoms with Crippen LogP contribution in [0.5, 0.6) is 0 Å². The maximum absolute atomic E-state index is 13.1. The lowest BCUT2D eigenvalue weighted by Gasteiger charge is -2.18. The third-order valence-electron chi connectivity index (χ3n) is 4.39. The Labute approximate surface area is 170 Å². The summed E-state index contributed by atoms with van der Waals surface area (Å²) in [5.74, 6) is -0.0587. The van der Waals surface area contributed by atoms with Crippen molar-refractivity contribution in [2.45, 2.75) is 57.6 Å². The second-order valence-corrected chi connectivity index (χ2v) is 10.2. The molecule has 27 heavy (non-hydrogen) atoms. The summed E-state index contributed by atoms with van der Waals surface area (Å²) in [4.78, 5) is 33.3. The molecule has 3 heterocycles. The number of hydrogen-bond donors (Lipinski definition) is 1. The Hall–Kier alpha value is -1.64. The number of carbonyl (C=O) groups is 1. The summed E-state index contributed by atoms with van der Waals surface area (Å²) >= 11 is 4.49. The number of fused-ring (bicyclic) bond motifs is 1. The molecule has 3 rings (SSSR count). The molecule has 0 saturated carbocycles. The van der Waals surface area contributed by atoms with Crippen molar-refractivity contribution in [2.24, 2.45) is 0 Å². The van der Waals surface area contributed by atoms with Gasteiger partial charge in [-0.25, -0.2) is 4.98 Å². The minimum atomic E-state index is -0.346. The van der Waals surface area contributed by atoms with Gasteiger partial charge < -0.3 is 5.32 Å². The number of rotatable bonds is 6. The maximum Gasteiger partial charge on any atom is 0.263 e. The van der Waals surface area contributed by atoms with Crippen LogP contribution in [-0.2, 0) is 11.3 Å². The van der Waals surface area contributed by atoms with Crippen LogP contribution in [0.4, 0.5) is 0 Å². The van der Waals surface area contributed by atoms with E-state index in [1.165, 1.54) is 23.1 Å². The van der Waals surface area contributed by atoms with Crippen LogP contribution in [0.1, 0.15) is 42.1 Å². The topological polar surface area (TPSA) is 64.0 Å². The molecule has 0 aromatic carbocycles. The van der Waals surface area contributed by atoms with Gasteiger partial charge in [0.25, 0.3) is 5.56 Å². The predicted octanol–water partition coefficient (Wildman–Crippen LogP) is 4.51. The molecule has 0 saturated heterocycles. The van der Waals surface area contributed by atoms with Crippen molar-refractivity contribution in [3.05, 3.63) is 43.2 Å². The van der Waals surface area contributed by atoms with E-state index in [1.54, 1.807) is 15.9 Å². The molecule has 1 amide bonds. The van der Waals surface area contributed by atoms with Crippen molar-refractivity contribution >= 4 is 50.6 Å². The molecule has 5 nitrogen and oxygen atoms in total. The fourth-order valence-electron chi connectivity index (χ4n) is 2.77. The molecule has 0 spiro atoms. The summed E-state index contributed by atoms with van der Waals surface area (Å²) in [5, 5.41) is 5.90. The minimum Gasteiger partial charge on any atom is -0.350 e. The van der Waals surface area contributed by atoms with Gasteiger partial charge in [-0.1, -0.05) is 17.8 Å². The lowest BCUT2D eigenvalue weighted by atomic mass is 10.2. The Morgan fingerprint density at radius 2 is 2.07 bits per heavy atom. The molecule has 8 heteroatoms. The highest BCUT2D eigenvalue weighted by molar-refractivity contribution is 8.00. The normalized spacial score (nSPS) is 12.7. The van der Waals surface area contributed by atoms with E-state index >= 15 is 0 Å². The molecule has 0 unspecified atom stereocenters. The summed E-state index contributed by atoms with van der Waals surface area (Å²) in [6.45, 7) is 10.3. The smallest absolute Gasteiger partial charge is 0.263 e. The molecule has 1 atom stereocenters.